The van der Waals surface area contributed by atoms with Gasteiger partial charge in [0.1, 0.15) is 23.1 Å². The highest BCUT2D eigenvalue weighted by atomic mass is 16.5. The molecule has 0 amide bonds. The molecule has 0 bridgehead atoms. The molecule has 0 aliphatic heterocycles. The minimum Gasteiger partial charge on any atom is -0.497 e. The Balaban J connectivity index is 2.51. The van der Waals surface area contributed by atoms with E-state index >= 15 is 0 Å². The molecule has 3 rings (SSSR count). The summed E-state index contributed by atoms with van der Waals surface area (Å²) in [6.07, 6.45) is 1.30. The number of hydrogen-bond acceptors (Lipinski definition) is 4. The number of fused-ring (bicyclic) bond motifs is 3. The first-order chi connectivity index (χ1) is 8.20. The van der Waals surface area contributed by atoms with E-state index in [9.17, 15) is 4.79 Å². The van der Waals surface area contributed by atoms with E-state index in [2.05, 4.69) is 9.97 Å². The third kappa shape index (κ3) is 1.27. The van der Waals surface area contributed by atoms with Crippen molar-refractivity contribution < 1.29 is 4.74 Å². The lowest BCUT2D eigenvalue weighted by molar-refractivity contribution is 0.415. The number of benzene rings is 1. The van der Waals surface area contributed by atoms with Crippen LogP contribution in [0.15, 0.2) is 29.3 Å². The molecule has 3 N–H and O–H groups in total. The monoisotopic (exact) mass is 230 g/mol. The average molecular weight is 230 g/mol. The summed E-state index contributed by atoms with van der Waals surface area (Å²) >= 11 is 0. The summed E-state index contributed by atoms with van der Waals surface area (Å²) in [4.78, 5) is 19.0. The highest BCUT2D eigenvalue weighted by Crippen LogP contribution is 2.25. The number of nitrogens with two attached hydrogens (primary N) is 1. The topological polar surface area (TPSA) is 85.9 Å². The van der Waals surface area contributed by atoms with Crippen molar-refractivity contribution in [1.29, 1.82) is 0 Å². The molecule has 6 heteroatoms. The normalized spacial score (nSPS) is 11.1. The van der Waals surface area contributed by atoms with Gasteiger partial charge < -0.3 is 15.6 Å². The molecule has 2 aromatic heterocycles. The third-order valence-electron chi connectivity index (χ3n) is 2.74. The van der Waals surface area contributed by atoms with Crippen molar-refractivity contribution in [2.24, 2.45) is 0 Å². The molecule has 17 heavy (non-hydrogen) atoms. The van der Waals surface area contributed by atoms with E-state index in [1.807, 2.05) is 18.2 Å². The summed E-state index contributed by atoms with van der Waals surface area (Å²) in [5, 5.41) is 0.844. The Morgan fingerprint density at radius 2 is 2.29 bits per heavy atom. The maximum absolute atomic E-state index is 11.8. The minimum absolute atomic E-state index is 0.301. The first-order valence-corrected chi connectivity index (χ1v) is 5.03. The Labute approximate surface area is 95.6 Å². The Bertz CT molecular complexity index is 772. The molecule has 0 unspecified atom stereocenters. The molecule has 0 atom stereocenters. The molecule has 3 aromatic rings. The summed E-state index contributed by atoms with van der Waals surface area (Å²) in [6.45, 7) is 0. The number of ether oxygens (including phenoxy) is 1. The minimum atomic E-state index is -0.301. The number of aromatic nitrogens is 3. The zero-order valence-electron chi connectivity index (χ0n) is 9.10. The second-order valence-electron chi connectivity index (χ2n) is 3.72. The van der Waals surface area contributed by atoms with Crippen LogP contribution in [0.4, 0.5) is 0 Å². The van der Waals surface area contributed by atoms with E-state index in [0.29, 0.717) is 11.0 Å². The number of nitrogens with one attached hydrogen (secondary N) is 1. The molecule has 0 fully saturated rings. The van der Waals surface area contributed by atoms with Gasteiger partial charge in [0.2, 0.25) is 0 Å². The zero-order valence-corrected chi connectivity index (χ0v) is 9.10. The van der Waals surface area contributed by atoms with Crippen molar-refractivity contribution >= 4 is 21.9 Å². The van der Waals surface area contributed by atoms with Crippen molar-refractivity contribution in [3.8, 4) is 5.75 Å². The zero-order chi connectivity index (χ0) is 12.0. The van der Waals surface area contributed by atoms with Gasteiger partial charge in [-0.1, -0.05) is 0 Å². The molecular weight excluding hydrogens is 220 g/mol. The molecule has 0 aliphatic rings. The average Bonchev–Trinajstić information content (AvgIpc) is 2.72. The second-order valence-corrected chi connectivity index (χ2v) is 3.72. The highest BCUT2D eigenvalue weighted by molar-refractivity contribution is 6.04. The van der Waals surface area contributed by atoms with Crippen LogP contribution in [-0.4, -0.2) is 21.8 Å². The summed E-state index contributed by atoms with van der Waals surface area (Å²) in [7, 11) is 1.59. The van der Waals surface area contributed by atoms with Gasteiger partial charge in [-0.3, -0.25) is 4.79 Å². The highest BCUT2D eigenvalue weighted by Gasteiger charge is 2.10. The fourth-order valence-electron chi connectivity index (χ4n) is 1.87. The van der Waals surface area contributed by atoms with Crippen molar-refractivity contribution in [2.75, 3.05) is 13.0 Å². The second kappa shape index (κ2) is 3.24. The van der Waals surface area contributed by atoms with Crippen LogP contribution in [0.2, 0.25) is 0 Å². The van der Waals surface area contributed by atoms with Crippen LogP contribution in [0.25, 0.3) is 21.9 Å². The summed E-state index contributed by atoms with van der Waals surface area (Å²) < 4.78 is 6.10. The van der Waals surface area contributed by atoms with Gasteiger partial charge in [0, 0.05) is 10.9 Å². The predicted octanol–water partition coefficient (Wildman–Crippen LogP) is 0.600. The molecule has 0 spiro atoms. The number of nitrogens with zero attached hydrogens (tertiary/aromatic N) is 2. The van der Waals surface area contributed by atoms with Crippen LogP contribution < -0.4 is 16.1 Å². The first kappa shape index (κ1) is 9.71. The number of H-pyrrole nitrogens is 1. The molecule has 2 heterocycles. The van der Waals surface area contributed by atoms with Crippen molar-refractivity contribution in [3.63, 3.8) is 0 Å². The van der Waals surface area contributed by atoms with Crippen LogP contribution in [-0.2, 0) is 0 Å². The molecule has 0 radical (unpaired) electrons. The van der Waals surface area contributed by atoms with Gasteiger partial charge in [-0.25, -0.2) is 9.66 Å². The fraction of sp³-hybridized carbons (Fsp3) is 0.0909. The number of nitrogen functional groups attached to an aromatic ring is 1. The molecule has 0 saturated heterocycles. The van der Waals surface area contributed by atoms with Gasteiger partial charge in [0.25, 0.3) is 5.56 Å². The third-order valence-corrected chi connectivity index (χ3v) is 2.74. The lowest BCUT2D eigenvalue weighted by Crippen LogP contribution is -2.27. The quantitative estimate of drug-likeness (QED) is 0.599. The van der Waals surface area contributed by atoms with Crippen molar-refractivity contribution in [1.82, 2.24) is 14.6 Å². The SMILES string of the molecule is COc1ccc2[nH]c3c(=O)n(N)cnc3c2c1. The van der Waals surface area contributed by atoms with Crippen LogP contribution in [0.1, 0.15) is 0 Å². The van der Waals surface area contributed by atoms with Crippen LogP contribution in [0.3, 0.4) is 0 Å². The van der Waals surface area contributed by atoms with Gasteiger partial charge in [-0.05, 0) is 18.2 Å². The van der Waals surface area contributed by atoms with E-state index < -0.39 is 0 Å². The van der Waals surface area contributed by atoms with E-state index in [4.69, 9.17) is 10.6 Å². The molecule has 1 aromatic carbocycles. The first-order valence-electron chi connectivity index (χ1n) is 5.03. The maximum Gasteiger partial charge on any atom is 0.295 e. The Morgan fingerprint density at radius 1 is 1.47 bits per heavy atom. The molecule has 0 saturated carbocycles. The Hall–Kier alpha value is -2.50. The van der Waals surface area contributed by atoms with Gasteiger partial charge in [-0.2, -0.15) is 0 Å². The van der Waals surface area contributed by atoms with E-state index in [0.717, 1.165) is 21.3 Å². The van der Waals surface area contributed by atoms with Crippen LogP contribution >= 0.6 is 0 Å². The molecular formula is C11H10N4O2. The standard InChI is InChI=1S/C11H10N4O2/c1-17-6-2-3-8-7(4-6)9-10(14-8)11(16)15(12)5-13-9/h2-5,14H,12H2,1H3. The number of methoxy groups -OCH3 is 1. The van der Waals surface area contributed by atoms with Gasteiger partial charge in [-0.15, -0.1) is 0 Å². The summed E-state index contributed by atoms with van der Waals surface area (Å²) in [5.74, 6) is 6.18. The van der Waals surface area contributed by atoms with Crippen molar-refractivity contribution in [2.45, 2.75) is 0 Å². The molecule has 0 aliphatic carbocycles. The van der Waals surface area contributed by atoms with Crippen molar-refractivity contribution in [3.05, 3.63) is 34.9 Å². The van der Waals surface area contributed by atoms with Gasteiger partial charge >= 0.3 is 0 Å². The van der Waals surface area contributed by atoms with Crippen LogP contribution in [0.5, 0.6) is 5.75 Å². The Kier molecular flexibility index (Phi) is 1.85. The smallest absolute Gasteiger partial charge is 0.295 e. The fourth-order valence-corrected chi connectivity index (χ4v) is 1.87. The predicted molar refractivity (Wildman–Crippen MR) is 64.6 cm³/mol. The lowest BCUT2D eigenvalue weighted by atomic mass is 10.2. The largest absolute Gasteiger partial charge is 0.497 e. The number of rotatable bonds is 1. The summed E-state index contributed by atoms with van der Waals surface area (Å²) in [6, 6.07) is 5.50. The lowest BCUT2D eigenvalue weighted by Gasteiger charge is -1.98. The maximum atomic E-state index is 11.8. The number of hydrogen-bond donors (Lipinski definition) is 2. The van der Waals surface area contributed by atoms with Crippen LogP contribution in [0, 0.1) is 0 Å². The number of aromatic amines is 1. The Morgan fingerprint density at radius 3 is 3.06 bits per heavy atom. The van der Waals surface area contributed by atoms with Gasteiger partial charge in [0.05, 0.1) is 7.11 Å². The molecule has 86 valence electrons. The van der Waals surface area contributed by atoms with E-state index in [1.54, 1.807) is 7.11 Å². The van der Waals surface area contributed by atoms with Gasteiger partial charge in [0.15, 0.2) is 0 Å². The van der Waals surface area contributed by atoms with E-state index in [1.165, 1.54) is 6.33 Å². The summed E-state index contributed by atoms with van der Waals surface area (Å²) in [5.41, 5.74) is 1.53. The molecule has 6 nitrogen and oxygen atoms in total. The van der Waals surface area contributed by atoms with E-state index in [-0.39, 0.29) is 5.56 Å².